The summed E-state index contributed by atoms with van der Waals surface area (Å²) in [6.07, 6.45) is -0.930. The van der Waals surface area contributed by atoms with Gasteiger partial charge in [0.15, 0.2) is 0 Å². The standard InChI is InChI=1S/C17H14F3N3O/c1-24-8-6-15-22-10-12-5-4-11(9-14(12)23-15)16-13(17(18,19)20)3-2-7-21-16/h2-5,7,9-10H,6,8H2,1H3. The Morgan fingerprint density at radius 1 is 1.12 bits per heavy atom. The molecule has 124 valence electrons. The number of hydrogen-bond donors (Lipinski definition) is 0. The molecule has 0 bridgehead atoms. The fourth-order valence-electron chi connectivity index (χ4n) is 2.39. The Labute approximate surface area is 136 Å². The fourth-order valence-corrected chi connectivity index (χ4v) is 2.39. The summed E-state index contributed by atoms with van der Waals surface area (Å²) in [6.45, 7) is 0.476. The van der Waals surface area contributed by atoms with Gasteiger partial charge in [-0.05, 0) is 18.2 Å². The zero-order valence-corrected chi connectivity index (χ0v) is 12.8. The van der Waals surface area contributed by atoms with Crippen LogP contribution < -0.4 is 0 Å². The third-order valence-corrected chi connectivity index (χ3v) is 3.55. The van der Waals surface area contributed by atoms with Crippen molar-refractivity contribution < 1.29 is 17.9 Å². The molecule has 0 unspecified atom stereocenters. The summed E-state index contributed by atoms with van der Waals surface area (Å²) in [5.74, 6) is 0.582. The highest BCUT2D eigenvalue weighted by Gasteiger charge is 2.34. The molecule has 7 heteroatoms. The van der Waals surface area contributed by atoms with E-state index in [2.05, 4.69) is 15.0 Å². The molecule has 1 aromatic carbocycles. The van der Waals surface area contributed by atoms with Crippen molar-refractivity contribution in [3.05, 3.63) is 54.1 Å². The van der Waals surface area contributed by atoms with Gasteiger partial charge in [-0.1, -0.05) is 12.1 Å². The number of nitrogens with zero attached hydrogens (tertiary/aromatic N) is 3. The SMILES string of the molecule is COCCc1ncc2ccc(-c3ncccc3C(F)(F)F)cc2n1. The predicted octanol–water partition coefficient (Wildman–Crippen LogP) is 3.90. The number of ether oxygens (including phenoxy) is 1. The van der Waals surface area contributed by atoms with Crippen LogP contribution in [0.25, 0.3) is 22.2 Å². The first-order valence-corrected chi connectivity index (χ1v) is 7.26. The van der Waals surface area contributed by atoms with Gasteiger partial charge in [-0.2, -0.15) is 13.2 Å². The molecule has 4 nitrogen and oxygen atoms in total. The Hall–Kier alpha value is -2.54. The van der Waals surface area contributed by atoms with Crippen molar-refractivity contribution in [3.63, 3.8) is 0 Å². The smallest absolute Gasteiger partial charge is 0.384 e. The monoisotopic (exact) mass is 333 g/mol. The van der Waals surface area contributed by atoms with Crippen molar-refractivity contribution >= 4 is 10.9 Å². The van der Waals surface area contributed by atoms with Gasteiger partial charge in [0.1, 0.15) is 5.82 Å². The molecule has 24 heavy (non-hydrogen) atoms. The van der Waals surface area contributed by atoms with E-state index in [1.54, 1.807) is 31.5 Å². The van der Waals surface area contributed by atoms with Crippen LogP contribution in [-0.2, 0) is 17.3 Å². The van der Waals surface area contributed by atoms with Crippen LogP contribution in [0.2, 0.25) is 0 Å². The van der Waals surface area contributed by atoms with E-state index in [1.807, 2.05) is 0 Å². The van der Waals surface area contributed by atoms with Crippen molar-refractivity contribution in [1.82, 2.24) is 15.0 Å². The second kappa shape index (κ2) is 6.52. The summed E-state index contributed by atoms with van der Waals surface area (Å²) >= 11 is 0. The maximum Gasteiger partial charge on any atom is 0.418 e. The first-order chi connectivity index (χ1) is 11.5. The lowest BCUT2D eigenvalue weighted by Gasteiger charge is -2.12. The Morgan fingerprint density at radius 2 is 1.96 bits per heavy atom. The Morgan fingerprint density at radius 3 is 2.71 bits per heavy atom. The summed E-state index contributed by atoms with van der Waals surface area (Å²) in [6, 6.07) is 7.19. The van der Waals surface area contributed by atoms with E-state index in [4.69, 9.17) is 4.74 Å². The lowest BCUT2D eigenvalue weighted by atomic mass is 10.0. The van der Waals surface area contributed by atoms with E-state index < -0.39 is 11.7 Å². The van der Waals surface area contributed by atoms with Crippen LogP contribution in [0, 0.1) is 0 Å². The van der Waals surface area contributed by atoms with Gasteiger partial charge in [-0.15, -0.1) is 0 Å². The van der Waals surface area contributed by atoms with Crippen molar-refractivity contribution in [2.45, 2.75) is 12.6 Å². The number of methoxy groups -OCH3 is 1. The average Bonchev–Trinajstić information content (AvgIpc) is 2.58. The molecule has 0 fully saturated rings. The first kappa shape index (κ1) is 16.3. The second-order valence-corrected chi connectivity index (χ2v) is 5.20. The lowest BCUT2D eigenvalue weighted by Crippen LogP contribution is -2.08. The molecule has 0 amide bonds. The Bertz CT molecular complexity index is 865. The van der Waals surface area contributed by atoms with E-state index >= 15 is 0 Å². The normalized spacial score (nSPS) is 11.8. The molecule has 0 aliphatic carbocycles. The van der Waals surface area contributed by atoms with E-state index in [9.17, 15) is 13.2 Å². The second-order valence-electron chi connectivity index (χ2n) is 5.20. The number of alkyl halides is 3. The van der Waals surface area contributed by atoms with Gasteiger partial charge in [0.05, 0.1) is 23.4 Å². The number of hydrogen-bond acceptors (Lipinski definition) is 4. The minimum absolute atomic E-state index is 0.107. The van der Waals surface area contributed by atoms with Gasteiger partial charge in [-0.3, -0.25) is 4.98 Å². The fraction of sp³-hybridized carbons (Fsp3) is 0.235. The van der Waals surface area contributed by atoms with Gasteiger partial charge >= 0.3 is 6.18 Å². The molecule has 2 heterocycles. The topological polar surface area (TPSA) is 47.9 Å². The minimum Gasteiger partial charge on any atom is -0.384 e. The lowest BCUT2D eigenvalue weighted by molar-refractivity contribution is -0.137. The summed E-state index contributed by atoms with van der Waals surface area (Å²) < 4.78 is 44.5. The van der Waals surface area contributed by atoms with Crippen LogP contribution in [0.4, 0.5) is 13.2 Å². The van der Waals surface area contributed by atoms with Gasteiger partial charge < -0.3 is 4.74 Å². The molecular weight excluding hydrogens is 319 g/mol. The van der Waals surface area contributed by atoms with Gasteiger partial charge in [-0.25, -0.2) is 9.97 Å². The number of aromatic nitrogens is 3. The first-order valence-electron chi connectivity index (χ1n) is 7.26. The van der Waals surface area contributed by atoms with Gasteiger partial charge in [0.25, 0.3) is 0 Å². The molecular formula is C17H14F3N3O. The Balaban J connectivity index is 2.08. The van der Waals surface area contributed by atoms with E-state index in [1.165, 1.54) is 12.3 Å². The van der Waals surface area contributed by atoms with Gasteiger partial charge in [0, 0.05) is 36.9 Å². The molecule has 3 aromatic rings. The highest BCUT2D eigenvalue weighted by Crippen LogP contribution is 2.36. The molecule has 3 rings (SSSR count). The zero-order valence-electron chi connectivity index (χ0n) is 12.8. The molecule has 2 aromatic heterocycles. The third-order valence-electron chi connectivity index (χ3n) is 3.55. The van der Waals surface area contributed by atoms with E-state index in [0.29, 0.717) is 29.9 Å². The Kier molecular flexibility index (Phi) is 4.44. The molecule has 0 N–H and O–H groups in total. The average molecular weight is 333 g/mol. The summed E-state index contributed by atoms with van der Waals surface area (Å²) in [4.78, 5) is 12.5. The number of benzene rings is 1. The summed E-state index contributed by atoms with van der Waals surface area (Å²) in [7, 11) is 1.58. The highest BCUT2D eigenvalue weighted by molar-refractivity contribution is 5.83. The van der Waals surface area contributed by atoms with Crippen molar-refractivity contribution in [1.29, 1.82) is 0 Å². The van der Waals surface area contributed by atoms with Crippen LogP contribution in [0.15, 0.2) is 42.7 Å². The molecule has 0 saturated carbocycles. The summed E-state index contributed by atoms with van der Waals surface area (Å²) in [5, 5.41) is 0.754. The third kappa shape index (κ3) is 3.35. The van der Waals surface area contributed by atoms with Crippen LogP contribution in [-0.4, -0.2) is 28.7 Å². The van der Waals surface area contributed by atoms with Crippen molar-refractivity contribution in [2.24, 2.45) is 0 Å². The molecule has 0 saturated heterocycles. The van der Waals surface area contributed by atoms with Crippen molar-refractivity contribution in [2.75, 3.05) is 13.7 Å². The number of pyridine rings is 1. The van der Waals surface area contributed by atoms with Crippen molar-refractivity contribution in [3.8, 4) is 11.3 Å². The van der Waals surface area contributed by atoms with Crippen LogP contribution >= 0.6 is 0 Å². The maximum absolute atomic E-state index is 13.2. The number of halogens is 3. The van der Waals surface area contributed by atoms with Crippen LogP contribution in [0.5, 0.6) is 0 Å². The quantitative estimate of drug-likeness (QED) is 0.726. The summed E-state index contributed by atoms with van der Waals surface area (Å²) in [5.41, 5.74) is 0.0705. The number of fused-ring (bicyclic) bond motifs is 1. The minimum atomic E-state index is -4.46. The highest BCUT2D eigenvalue weighted by atomic mass is 19.4. The predicted molar refractivity (Wildman–Crippen MR) is 83.4 cm³/mol. The van der Waals surface area contributed by atoms with Crippen LogP contribution in [0.1, 0.15) is 11.4 Å². The van der Waals surface area contributed by atoms with E-state index in [-0.39, 0.29) is 5.69 Å². The molecule has 0 aliphatic heterocycles. The molecule has 0 atom stereocenters. The largest absolute Gasteiger partial charge is 0.418 e. The zero-order chi connectivity index (χ0) is 17.2. The maximum atomic E-state index is 13.2. The van der Waals surface area contributed by atoms with Gasteiger partial charge in [0.2, 0.25) is 0 Å². The van der Waals surface area contributed by atoms with E-state index in [0.717, 1.165) is 11.5 Å². The molecule has 0 aliphatic rings. The molecule has 0 radical (unpaired) electrons. The molecule has 0 spiro atoms. The number of rotatable bonds is 4. The van der Waals surface area contributed by atoms with Crippen LogP contribution in [0.3, 0.4) is 0 Å².